The lowest BCUT2D eigenvalue weighted by molar-refractivity contribution is -0.123. The maximum atomic E-state index is 12.7. The van der Waals surface area contributed by atoms with Crippen LogP contribution in [-0.2, 0) is 4.79 Å². The normalized spacial score (nSPS) is 27.5. The number of pyridine rings is 1. The van der Waals surface area contributed by atoms with Crippen LogP contribution in [0.4, 0.5) is 10.5 Å². The van der Waals surface area contributed by atoms with Crippen molar-refractivity contribution >= 4 is 17.6 Å². The summed E-state index contributed by atoms with van der Waals surface area (Å²) in [5.41, 5.74) is 0.648. The van der Waals surface area contributed by atoms with Gasteiger partial charge in [-0.2, -0.15) is 0 Å². The number of aromatic nitrogens is 1. The van der Waals surface area contributed by atoms with Gasteiger partial charge >= 0.3 is 6.03 Å². The number of nitrogens with zero attached hydrogens (tertiary/aromatic N) is 4. The molecule has 3 aliphatic rings. The number of anilines is 1. The van der Waals surface area contributed by atoms with Crippen molar-refractivity contribution < 1.29 is 9.59 Å². The molecule has 26 heavy (non-hydrogen) atoms. The molecule has 140 valence electrons. The second-order valence-corrected chi connectivity index (χ2v) is 7.87. The Balaban J connectivity index is 1.46. The number of carbonyl (C=O) groups excluding carboxylic acids is 2. The van der Waals surface area contributed by atoms with Gasteiger partial charge in [-0.1, -0.05) is 12.8 Å². The molecular formula is C19H27N5O2. The lowest BCUT2D eigenvalue weighted by Gasteiger charge is -2.46. The molecule has 1 aromatic rings. The fraction of sp³-hybridized carbons (Fsp3) is 0.632. The Labute approximate surface area is 154 Å². The minimum Gasteiger partial charge on any atom is -0.335 e. The molecule has 1 aliphatic carbocycles. The first-order valence-electron chi connectivity index (χ1n) is 9.54. The number of likely N-dealkylation sites (N-methyl/N-ethyl adjacent to an activating group) is 1. The molecular weight excluding hydrogens is 330 g/mol. The van der Waals surface area contributed by atoms with E-state index in [0.717, 1.165) is 31.5 Å². The van der Waals surface area contributed by atoms with Crippen molar-refractivity contribution in [3.05, 3.63) is 24.5 Å². The van der Waals surface area contributed by atoms with Gasteiger partial charge in [0, 0.05) is 31.9 Å². The molecule has 0 bridgehead atoms. The summed E-state index contributed by atoms with van der Waals surface area (Å²) < 4.78 is 0. The highest BCUT2D eigenvalue weighted by Crippen LogP contribution is 2.33. The van der Waals surface area contributed by atoms with Crippen LogP contribution in [0.2, 0.25) is 0 Å². The van der Waals surface area contributed by atoms with Gasteiger partial charge in [0.2, 0.25) is 5.91 Å². The van der Waals surface area contributed by atoms with Gasteiger partial charge in [0.05, 0.1) is 24.0 Å². The highest BCUT2D eigenvalue weighted by atomic mass is 16.2. The minimum absolute atomic E-state index is 0.0482. The van der Waals surface area contributed by atoms with Crippen molar-refractivity contribution in [1.29, 1.82) is 0 Å². The van der Waals surface area contributed by atoms with Crippen molar-refractivity contribution in [3.8, 4) is 0 Å². The van der Waals surface area contributed by atoms with E-state index >= 15 is 0 Å². The maximum absolute atomic E-state index is 12.7. The predicted molar refractivity (Wildman–Crippen MR) is 98.9 cm³/mol. The lowest BCUT2D eigenvalue weighted by atomic mass is 9.92. The summed E-state index contributed by atoms with van der Waals surface area (Å²) in [7, 11) is 2.00. The van der Waals surface area contributed by atoms with Crippen molar-refractivity contribution in [1.82, 2.24) is 20.1 Å². The van der Waals surface area contributed by atoms with Gasteiger partial charge in [-0.3, -0.25) is 14.7 Å². The molecule has 1 atom stereocenters. The number of carbonyl (C=O) groups is 2. The third-order valence-electron chi connectivity index (χ3n) is 6.20. The highest BCUT2D eigenvalue weighted by Gasteiger charge is 2.48. The van der Waals surface area contributed by atoms with E-state index in [4.69, 9.17) is 0 Å². The molecule has 1 spiro atoms. The SMILES string of the molecule is CN1CC(=O)N(c2cccnc2)CC12CCN(C(=O)NC1CCCC1)C2. The molecule has 3 amide bonds. The van der Waals surface area contributed by atoms with Gasteiger partial charge < -0.3 is 15.1 Å². The summed E-state index contributed by atoms with van der Waals surface area (Å²) in [4.78, 5) is 35.2. The first-order chi connectivity index (χ1) is 12.6. The fourth-order valence-electron chi connectivity index (χ4n) is 4.51. The van der Waals surface area contributed by atoms with Crippen molar-refractivity contribution in [2.75, 3.05) is 38.1 Å². The molecule has 7 nitrogen and oxygen atoms in total. The van der Waals surface area contributed by atoms with Gasteiger partial charge in [0.1, 0.15) is 0 Å². The average molecular weight is 357 g/mol. The minimum atomic E-state index is -0.184. The summed E-state index contributed by atoms with van der Waals surface area (Å²) >= 11 is 0. The summed E-state index contributed by atoms with van der Waals surface area (Å²) in [5, 5.41) is 3.19. The Hall–Kier alpha value is -2.15. The molecule has 1 unspecified atom stereocenters. The monoisotopic (exact) mass is 357 g/mol. The molecule has 0 aromatic carbocycles. The van der Waals surface area contributed by atoms with Crippen LogP contribution < -0.4 is 10.2 Å². The van der Waals surface area contributed by atoms with Crippen LogP contribution in [-0.4, -0.2) is 71.5 Å². The Bertz CT molecular complexity index is 676. The smallest absolute Gasteiger partial charge is 0.317 e. The zero-order valence-electron chi connectivity index (χ0n) is 15.4. The Morgan fingerprint density at radius 1 is 1.31 bits per heavy atom. The van der Waals surface area contributed by atoms with E-state index in [1.54, 1.807) is 12.4 Å². The van der Waals surface area contributed by atoms with Crippen LogP contribution in [0.25, 0.3) is 0 Å². The summed E-state index contributed by atoms with van der Waals surface area (Å²) in [5.74, 6) is 0.0833. The maximum Gasteiger partial charge on any atom is 0.317 e. The highest BCUT2D eigenvalue weighted by molar-refractivity contribution is 5.95. The van der Waals surface area contributed by atoms with Crippen LogP contribution in [0.15, 0.2) is 24.5 Å². The molecule has 0 radical (unpaired) electrons. The average Bonchev–Trinajstić information content (AvgIpc) is 3.30. The fourth-order valence-corrected chi connectivity index (χ4v) is 4.51. The topological polar surface area (TPSA) is 68.8 Å². The molecule has 4 rings (SSSR count). The summed E-state index contributed by atoms with van der Waals surface area (Å²) in [6, 6.07) is 4.15. The standard InChI is InChI=1S/C19H27N5O2/c1-22-12-17(25)24(16-7-4-9-20-11-16)14-19(22)8-10-23(13-19)18(26)21-15-5-2-3-6-15/h4,7,9,11,15H,2-3,5-6,8,10,12-14H2,1H3,(H,21,26). The molecule has 1 N–H and O–H groups in total. The number of piperazine rings is 1. The summed E-state index contributed by atoms with van der Waals surface area (Å²) in [6.07, 6.45) is 8.92. The van der Waals surface area contributed by atoms with Gasteiger partial charge in [0.15, 0.2) is 0 Å². The first-order valence-corrected chi connectivity index (χ1v) is 9.54. The van der Waals surface area contributed by atoms with E-state index in [0.29, 0.717) is 25.7 Å². The van der Waals surface area contributed by atoms with E-state index in [1.807, 2.05) is 29.0 Å². The molecule has 7 heteroatoms. The van der Waals surface area contributed by atoms with Crippen LogP contribution in [0.5, 0.6) is 0 Å². The van der Waals surface area contributed by atoms with Crippen LogP contribution in [0.1, 0.15) is 32.1 Å². The van der Waals surface area contributed by atoms with Crippen LogP contribution >= 0.6 is 0 Å². The van der Waals surface area contributed by atoms with Crippen molar-refractivity contribution in [2.24, 2.45) is 0 Å². The molecule has 2 aliphatic heterocycles. The van der Waals surface area contributed by atoms with Gasteiger partial charge in [-0.25, -0.2) is 4.79 Å². The molecule has 3 fully saturated rings. The number of urea groups is 1. The summed E-state index contributed by atoms with van der Waals surface area (Å²) in [6.45, 7) is 2.36. The number of hydrogen-bond donors (Lipinski definition) is 1. The number of nitrogens with one attached hydrogen (secondary N) is 1. The van der Waals surface area contributed by atoms with E-state index in [2.05, 4.69) is 15.2 Å². The number of likely N-dealkylation sites (tertiary alicyclic amines) is 1. The van der Waals surface area contributed by atoms with E-state index in [1.165, 1.54) is 12.8 Å². The Kier molecular flexibility index (Phi) is 4.56. The molecule has 3 heterocycles. The van der Waals surface area contributed by atoms with Crippen LogP contribution in [0, 0.1) is 0 Å². The molecule has 1 aromatic heterocycles. The van der Waals surface area contributed by atoms with Crippen LogP contribution in [0.3, 0.4) is 0 Å². The number of amides is 3. The van der Waals surface area contributed by atoms with Gasteiger partial charge in [-0.15, -0.1) is 0 Å². The third-order valence-corrected chi connectivity index (χ3v) is 6.20. The first kappa shape index (κ1) is 17.3. The second kappa shape index (κ2) is 6.87. The van der Waals surface area contributed by atoms with Gasteiger partial charge in [0.25, 0.3) is 0 Å². The Morgan fingerprint density at radius 2 is 2.12 bits per heavy atom. The zero-order valence-corrected chi connectivity index (χ0v) is 15.4. The van der Waals surface area contributed by atoms with Crippen molar-refractivity contribution in [3.63, 3.8) is 0 Å². The van der Waals surface area contributed by atoms with E-state index < -0.39 is 0 Å². The zero-order chi connectivity index (χ0) is 18.1. The molecule has 2 saturated heterocycles. The van der Waals surface area contributed by atoms with Gasteiger partial charge in [-0.05, 0) is 38.4 Å². The predicted octanol–water partition coefficient (Wildman–Crippen LogP) is 1.46. The largest absolute Gasteiger partial charge is 0.335 e. The lowest BCUT2D eigenvalue weighted by Crippen LogP contribution is -2.64. The Morgan fingerprint density at radius 3 is 2.85 bits per heavy atom. The van der Waals surface area contributed by atoms with E-state index in [-0.39, 0.29) is 17.5 Å². The number of hydrogen-bond acceptors (Lipinski definition) is 4. The quantitative estimate of drug-likeness (QED) is 0.870. The number of rotatable bonds is 2. The van der Waals surface area contributed by atoms with Crippen molar-refractivity contribution in [2.45, 2.75) is 43.7 Å². The third kappa shape index (κ3) is 3.16. The van der Waals surface area contributed by atoms with E-state index in [9.17, 15) is 9.59 Å². The molecule has 1 saturated carbocycles. The second-order valence-electron chi connectivity index (χ2n) is 7.87.